The van der Waals surface area contributed by atoms with E-state index >= 15 is 0 Å². The van der Waals surface area contributed by atoms with Gasteiger partial charge in [0.2, 0.25) is 0 Å². The number of phenols is 1. The van der Waals surface area contributed by atoms with Crippen molar-refractivity contribution in [2.24, 2.45) is 4.99 Å². The number of hydrogen-bond donors (Lipinski definition) is 1. The van der Waals surface area contributed by atoms with Crippen LogP contribution in [0, 0.1) is 5.82 Å². The van der Waals surface area contributed by atoms with Crippen LogP contribution in [0.4, 0.5) is 10.1 Å². The fourth-order valence-electron chi connectivity index (χ4n) is 2.89. The number of amidine groups is 1. The molecule has 1 amide bonds. The van der Waals surface area contributed by atoms with E-state index in [0.717, 1.165) is 0 Å². The molecule has 28 heavy (non-hydrogen) atoms. The Balaban J connectivity index is 1.84. The highest BCUT2D eigenvalue weighted by Gasteiger charge is 2.32. The first kappa shape index (κ1) is 17.9. The SMILES string of the molecule is O=C1/C(=C/c2ccccc2F)N=C(c2ccc(Cl)cc2)N1c1ccc(O)cc1. The molecule has 3 aromatic carbocycles. The minimum absolute atomic E-state index is 0.0856. The van der Waals surface area contributed by atoms with E-state index in [1.54, 1.807) is 54.6 Å². The van der Waals surface area contributed by atoms with Gasteiger partial charge in [-0.05, 0) is 60.7 Å². The molecule has 4 rings (SSSR count). The van der Waals surface area contributed by atoms with Gasteiger partial charge in [0.15, 0.2) is 0 Å². The largest absolute Gasteiger partial charge is 0.508 e. The molecule has 0 spiro atoms. The zero-order valence-corrected chi connectivity index (χ0v) is 15.3. The van der Waals surface area contributed by atoms with Crippen LogP contribution < -0.4 is 4.90 Å². The van der Waals surface area contributed by atoms with E-state index < -0.39 is 5.82 Å². The van der Waals surface area contributed by atoms with Crippen molar-refractivity contribution in [3.8, 4) is 5.75 Å². The highest BCUT2D eigenvalue weighted by Crippen LogP contribution is 2.29. The fraction of sp³-hybridized carbons (Fsp3) is 0. The van der Waals surface area contributed by atoms with Gasteiger partial charge in [-0.15, -0.1) is 0 Å². The molecular formula is C22H14ClFN2O2. The Bertz CT molecular complexity index is 1110. The lowest BCUT2D eigenvalue weighted by Crippen LogP contribution is -2.32. The molecule has 0 aromatic heterocycles. The third-order valence-corrected chi connectivity index (χ3v) is 4.52. The first-order chi connectivity index (χ1) is 13.5. The standard InChI is InChI=1S/C22H14ClFN2O2/c23-16-7-5-14(6-8-16)21-25-20(13-15-3-1-2-4-19(15)24)22(28)26(21)17-9-11-18(27)12-10-17/h1-13,27H/b20-13-. The van der Waals surface area contributed by atoms with Crippen LogP contribution in [0.2, 0.25) is 5.02 Å². The smallest absolute Gasteiger partial charge is 0.282 e. The average Bonchev–Trinajstić information content (AvgIpc) is 3.01. The van der Waals surface area contributed by atoms with Crippen molar-refractivity contribution in [3.63, 3.8) is 0 Å². The van der Waals surface area contributed by atoms with Gasteiger partial charge in [0.05, 0.1) is 5.69 Å². The van der Waals surface area contributed by atoms with Crippen LogP contribution >= 0.6 is 11.6 Å². The summed E-state index contributed by atoms with van der Waals surface area (Å²) < 4.78 is 14.0. The second-order valence-corrected chi connectivity index (χ2v) is 6.59. The van der Waals surface area contributed by atoms with Crippen molar-refractivity contribution < 1.29 is 14.3 Å². The molecule has 0 saturated carbocycles. The highest BCUT2D eigenvalue weighted by atomic mass is 35.5. The van der Waals surface area contributed by atoms with Gasteiger partial charge in [-0.3, -0.25) is 9.69 Å². The van der Waals surface area contributed by atoms with E-state index in [-0.39, 0.29) is 22.9 Å². The summed E-state index contributed by atoms with van der Waals surface area (Å²) in [7, 11) is 0. The van der Waals surface area contributed by atoms with Crippen molar-refractivity contribution in [2.45, 2.75) is 0 Å². The lowest BCUT2D eigenvalue weighted by molar-refractivity contribution is -0.113. The molecule has 0 radical (unpaired) electrons. The second kappa shape index (κ2) is 7.29. The Morgan fingerprint density at radius 3 is 2.32 bits per heavy atom. The second-order valence-electron chi connectivity index (χ2n) is 6.15. The maximum Gasteiger partial charge on any atom is 0.282 e. The maximum atomic E-state index is 14.0. The van der Waals surface area contributed by atoms with E-state index in [9.17, 15) is 14.3 Å². The molecule has 1 aliphatic heterocycles. The van der Waals surface area contributed by atoms with Crippen molar-refractivity contribution in [1.82, 2.24) is 0 Å². The van der Waals surface area contributed by atoms with Crippen LogP contribution in [-0.2, 0) is 4.79 Å². The Morgan fingerprint density at radius 1 is 0.964 bits per heavy atom. The molecular weight excluding hydrogens is 379 g/mol. The number of amides is 1. The van der Waals surface area contributed by atoms with Crippen LogP contribution in [0.15, 0.2) is 83.5 Å². The first-order valence-corrected chi connectivity index (χ1v) is 8.85. The summed E-state index contributed by atoms with van der Waals surface area (Å²) in [5, 5.41) is 10.1. The average molecular weight is 393 g/mol. The molecule has 138 valence electrons. The molecule has 4 nitrogen and oxygen atoms in total. The van der Waals surface area contributed by atoms with Crippen LogP contribution in [0.25, 0.3) is 6.08 Å². The molecule has 0 saturated heterocycles. The quantitative estimate of drug-likeness (QED) is 0.636. The van der Waals surface area contributed by atoms with Gasteiger partial charge in [-0.25, -0.2) is 9.38 Å². The van der Waals surface area contributed by atoms with Crippen molar-refractivity contribution in [3.05, 3.63) is 100 Å². The molecule has 6 heteroatoms. The molecule has 0 atom stereocenters. The summed E-state index contributed by atoms with van der Waals surface area (Å²) in [5.41, 5.74) is 1.61. The summed E-state index contributed by atoms with van der Waals surface area (Å²) in [6, 6.07) is 19.3. The van der Waals surface area contributed by atoms with E-state index in [1.807, 2.05) is 0 Å². The lowest BCUT2D eigenvalue weighted by Gasteiger charge is -2.18. The molecule has 1 N–H and O–H groups in total. The number of carbonyl (C=O) groups excluding carboxylic acids is 1. The van der Waals surface area contributed by atoms with Gasteiger partial charge < -0.3 is 5.11 Å². The maximum absolute atomic E-state index is 14.0. The van der Waals surface area contributed by atoms with E-state index in [1.165, 1.54) is 29.2 Å². The third kappa shape index (κ3) is 3.40. The van der Waals surface area contributed by atoms with Crippen LogP contribution in [-0.4, -0.2) is 16.8 Å². The number of anilines is 1. The molecule has 0 unspecified atom stereocenters. The minimum Gasteiger partial charge on any atom is -0.508 e. The zero-order chi connectivity index (χ0) is 19.7. The van der Waals surface area contributed by atoms with Crippen LogP contribution in [0.1, 0.15) is 11.1 Å². The number of aliphatic imine (C=N–C) groups is 1. The van der Waals surface area contributed by atoms with Gasteiger partial charge in [0.25, 0.3) is 5.91 Å². The molecule has 1 aliphatic rings. The van der Waals surface area contributed by atoms with E-state index in [2.05, 4.69) is 4.99 Å². The summed E-state index contributed by atoms with van der Waals surface area (Å²) >= 11 is 5.97. The number of nitrogens with zero attached hydrogens (tertiary/aromatic N) is 2. The van der Waals surface area contributed by atoms with Crippen molar-refractivity contribution >= 4 is 35.1 Å². The highest BCUT2D eigenvalue weighted by molar-refractivity contribution is 6.34. The molecule has 3 aromatic rings. The number of aromatic hydroxyl groups is 1. The molecule has 0 bridgehead atoms. The Hall–Kier alpha value is -3.44. The number of halogens is 2. The summed E-state index contributed by atoms with van der Waals surface area (Å²) in [6.45, 7) is 0. The number of rotatable bonds is 3. The predicted molar refractivity (Wildman–Crippen MR) is 108 cm³/mol. The monoisotopic (exact) mass is 392 g/mol. The van der Waals surface area contributed by atoms with Crippen molar-refractivity contribution in [1.29, 1.82) is 0 Å². The zero-order valence-electron chi connectivity index (χ0n) is 14.5. The number of phenolic OH excluding ortho intramolecular Hbond substituents is 1. The third-order valence-electron chi connectivity index (χ3n) is 4.27. The van der Waals surface area contributed by atoms with Crippen molar-refractivity contribution in [2.75, 3.05) is 4.90 Å². The topological polar surface area (TPSA) is 52.9 Å². The van der Waals surface area contributed by atoms with Gasteiger partial charge >= 0.3 is 0 Å². The van der Waals surface area contributed by atoms with E-state index in [0.29, 0.717) is 22.1 Å². The lowest BCUT2D eigenvalue weighted by atomic mass is 10.1. The van der Waals surface area contributed by atoms with Gasteiger partial charge in [0.1, 0.15) is 23.1 Å². The van der Waals surface area contributed by atoms with Gasteiger partial charge in [-0.1, -0.05) is 29.8 Å². The number of carbonyl (C=O) groups is 1. The van der Waals surface area contributed by atoms with Gasteiger partial charge in [0, 0.05) is 16.1 Å². The molecule has 0 fully saturated rings. The molecule has 1 heterocycles. The summed E-state index contributed by atoms with van der Waals surface area (Å²) in [5.74, 6) is -0.342. The van der Waals surface area contributed by atoms with Crippen LogP contribution in [0.5, 0.6) is 5.75 Å². The predicted octanol–water partition coefficient (Wildman–Crippen LogP) is 5.02. The first-order valence-electron chi connectivity index (χ1n) is 8.47. The summed E-state index contributed by atoms with van der Waals surface area (Å²) in [6.07, 6.45) is 1.42. The van der Waals surface area contributed by atoms with Gasteiger partial charge in [-0.2, -0.15) is 0 Å². The Kier molecular flexibility index (Phi) is 4.67. The summed E-state index contributed by atoms with van der Waals surface area (Å²) in [4.78, 5) is 19.0. The van der Waals surface area contributed by atoms with Crippen LogP contribution in [0.3, 0.4) is 0 Å². The number of hydrogen-bond acceptors (Lipinski definition) is 3. The normalized spacial score (nSPS) is 15.2. The molecule has 0 aliphatic carbocycles. The van der Waals surface area contributed by atoms with E-state index in [4.69, 9.17) is 11.6 Å². The Labute approximate surface area is 165 Å². The fourth-order valence-corrected chi connectivity index (χ4v) is 3.02. The Morgan fingerprint density at radius 2 is 1.64 bits per heavy atom. The number of benzene rings is 3. The minimum atomic E-state index is -0.436.